The molecule has 0 saturated carbocycles. The number of carbonyl (C=O) groups is 3. The molecule has 9 nitrogen and oxygen atoms in total. The lowest BCUT2D eigenvalue weighted by Crippen LogP contribution is -2.45. The maximum absolute atomic E-state index is 13.6. The van der Waals surface area contributed by atoms with Gasteiger partial charge in [0.05, 0.1) is 18.6 Å². The molecule has 0 radical (unpaired) electrons. The number of hydrogen-bond donors (Lipinski definition) is 0. The van der Waals surface area contributed by atoms with Gasteiger partial charge in [0.1, 0.15) is 0 Å². The first-order valence-electron chi connectivity index (χ1n) is 13.7. The number of aryl methyl sites for hydroxylation is 3. The number of aromatic nitrogens is 1. The molecule has 3 heterocycles. The number of esters is 1. The Labute approximate surface area is 224 Å². The third kappa shape index (κ3) is 6.62. The highest BCUT2D eigenvalue weighted by Gasteiger charge is 2.31. The summed E-state index contributed by atoms with van der Waals surface area (Å²) in [5.74, 6) is -0.347. The fourth-order valence-electron chi connectivity index (χ4n) is 5.58. The molecule has 38 heavy (non-hydrogen) atoms. The van der Waals surface area contributed by atoms with Crippen LogP contribution in [0, 0.1) is 26.7 Å². The average Bonchev–Trinajstić information content (AvgIpc) is 3.58. The Balaban J connectivity index is 1.45. The smallest absolute Gasteiger partial charge is 0.310 e. The lowest BCUT2D eigenvalue weighted by Gasteiger charge is -2.32. The molecule has 2 aliphatic rings. The van der Waals surface area contributed by atoms with Crippen LogP contribution in [0.5, 0.6) is 0 Å². The summed E-state index contributed by atoms with van der Waals surface area (Å²) >= 11 is 0. The number of rotatable bonds is 9. The van der Waals surface area contributed by atoms with E-state index in [1.54, 1.807) is 22.8 Å². The summed E-state index contributed by atoms with van der Waals surface area (Å²) in [7, 11) is 0. The number of amides is 2. The lowest BCUT2D eigenvalue weighted by atomic mass is 9.98. The van der Waals surface area contributed by atoms with E-state index in [4.69, 9.17) is 14.0 Å². The van der Waals surface area contributed by atoms with E-state index < -0.39 is 0 Å². The van der Waals surface area contributed by atoms with Crippen LogP contribution in [0.2, 0.25) is 0 Å². The number of likely N-dealkylation sites (tertiary alicyclic amines) is 1. The third-order valence-electron chi connectivity index (χ3n) is 7.38. The van der Waals surface area contributed by atoms with Crippen molar-refractivity contribution in [1.82, 2.24) is 15.0 Å². The average molecular weight is 526 g/mol. The van der Waals surface area contributed by atoms with Crippen molar-refractivity contribution in [2.45, 2.75) is 65.9 Å². The zero-order valence-corrected chi connectivity index (χ0v) is 23.0. The molecule has 2 amide bonds. The molecule has 2 saturated heterocycles. The number of piperidine rings is 1. The van der Waals surface area contributed by atoms with Crippen molar-refractivity contribution < 1.29 is 28.4 Å². The Morgan fingerprint density at radius 3 is 2.55 bits per heavy atom. The normalized spacial score (nSPS) is 19.4. The van der Waals surface area contributed by atoms with Gasteiger partial charge in [0.25, 0.3) is 5.91 Å². The Kier molecular flexibility index (Phi) is 9.20. The van der Waals surface area contributed by atoms with Crippen LogP contribution < -0.4 is 0 Å². The van der Waals surface area contributed by atoms with E-state index in [1.165, 1.54) is 0 Å². The van der Waals surface area contributed by atoms with Crippen LogP contribution in [0.3, 0.4) is 0 Å². The van der Waals surface area contributed by atoms with E-state index >= 15 is 0 Å². The molecule has 206 valence electrons. The molecule has 4 rings (SSSR count). The van der Waals surface area contributed by atoms with Crippen molar-refractivity contribution in [1.29, 1.82) is 0 Å². The van der Waals surface area contributed by atoms with Crippen molar-refractivity contribution >= 4 is 17.8 Å². The Bertz CT molecular complexity index is 1130. The minimum atomic E-state index is -0.292. The van der Waals surface area contributed by atoms with Crippen LogP contribution >= 0.6 is 0 Å². The van der Waals surface area contributed by atoms with Gasteiger partial charge < -0.3 is 23.8 Å². The maximum Gasteiger partial charge on any atom is 0.310 e. The molecule has 2 fully saturated rings. The van der Waals surface area contributed by atoms with Gasteiger partial charge in [0.2, 0.25) is 5.91 Å². The van der Waals surface area contributed by atoms with E-state index in [0.717, 1.165) is 47.9 Å². The summed E-state index contributed by atoms with van der Waals surface area (Å²) in [5.41, 5.74) is 4.42. The number of ether oxygens (including phenoxy) is 2. The van der Waals surface area contributed by atoms with E-state index in [0.29, 0.717) is 38.6 Å². The molecule has 1 aromatic heterocycles. The predicted octanol–water partition coefficient (Wildman–Crippen LogP) is 4.08. The zero-order chi connectivity index (χ0) is 27.2. The van der Waals surface area contributed by atoms with Crippen LogP contribution in [0.15, 0.2) is 22.7 Å². The monoisotopic (exact) mass is 525 g/mol. The second-order valence-corrected chi connectivity index (χ2v) is 10.4. The molecule has 2 atom stereocenters. The number of benzene rings is 1. The first kappa shape index (κ1) is 27.8. The second-order valence-electron chi connectivity index (χ2n) is 10.4. The molecular formula is C29H39N3O6. The standard InChI is InChI=1S/C29H39N3O6/c1-5-36-29(35)22-8-6-11-31(17-22)26(33)10-12-32(18-23-9-7-13-37-23)28(34)24-16-25(38-30-24)27-20(3)14-19(2)15-21(27)4/h14-16,22-23H,5-13,17-18H2,1-4H3/t22-,23-/m0/s1. The van der Waals surface area contributed by atoms with Gasteiger partial charge in [0, 0.05) is 50.8 Å². The lowest BCUT2D eigenvalue weighted by molar-refractivity contribution is -0.151. The van der Waals surface area contributed by atoms with Crippen molar-refractivity contribution in [2.75, 3.05) is 39.4 Å². The molecule has 0 spiro atoms. The topological polar surface area (TPSA) is 102 Å². The second kappa shape index (κ2) is 12.6. The van der Waals surface area contributed by atoms with E-state index in [-0.39, 0.29) is 48.5 Å². The van der Waals surface area contributed by atoms with Gasteiger partial charge in [-0.15, -0.1) is 0 Å². The van der Waals surface area contributed by atoms with Gasteiger partial charge in [0.15, 0.2) is 11.5 Å². The molecule has 0 bridgehead atoms. The van der Waals surface area contributed by atoms with E-state index in [2.05, 4.69) is 17.3 Å². The quantitative estimate of drug-likeness (QED) is 0.455. The van der Waals surface area contributed by atoms with Crippen molar-refractivity contribution in [3.8, 4) is 11.3 Å². The van der Waals surface area contributed by atoms with Crippen molar-refractivity contribution in [3.05, 3.63) is 40.6 Å². The molecule has 0 aliphatic carbocycles. The van der Waals surface area contributed by atoms with E-state index in [9.17, 15) is 14.4 Å². The van der Waals surface area contributed by atoms with Crippen LogP contribution in [-0.2, 0) is 19.1 Å². The fourth-order valence-corrected chi connectivity index (χ4v) is 5.58. The highest BCUT2D eigenvalue weighted by molar-refractivity contribution is 5.93. The third-order valence-corrected chi connectivity index (χ3v) is 7.38. The van der Waals surface area contributed by atoms with Gasteiger partial charge in [-0.3, -0.25) is 14.4 Å². The largest absolute Gasteiger partial charge is 0.466 e. The Morgan fingerprint density at radius 1 is 1.11 bits per heavy atom. The zero-order valence-electron chi connectivity index (χ0n) is 23.0. The van der Waals surface area contributed by atoms with Gasteiger partial charge in [-0.1, -0.05) is 22.9 Å². The summed E-state index contributed by atoms with van der Waals surface area (Å²) in [5, 5.41) is 4.10. The molecular weight excluding hydrogens is 486 g/mol. The van der Waals surface area contributed by atoms with Crippen LogP contribution in [0.1, 0.15) is 66.2 Å². The molecule has 2 aromatic rings. The Morgan fingerprint density at radius 2 is 1.87 bits per heavy atom. The molecule has 0 unspecified atom stereocenters. The minimum Gasteiger partial charge on any atom is -0.466 e. The molecule has 2 aliphatic heterocycles. The molecule has 1 aromatic carbocycles. The van der Waals surface area contributed by atoms with Gasteiger partial charge in [-0.2, -0.15) is 0 Å². The Hall–Kier alpha value is -3.20. The maximum atomic E-state index is 13.6. The van der Waals surface area contributed by atoms with Crippen LogP contribution in [-0.4, -0.2) is 78.2 Å². The summed E-state index contributed by atoms with van der Waals surface area (Å²) in [4.78, 5) is 42.2. The first-order chi connectivity index (χ1) is 18.3. The summed E-state index contributed by atoms with van der Waals surface area (Å²) in [6.07, 6.45) is 3.40. The first-order valence-corrected chi connectivity index (χ1v) is 13.7. The molecule has 9 heteroatoms. The van der Waals surface area contributed by atoms with Crippen LogP contribution in [0.25, 0.3) is 11.3 Å². The number of nitrogens with zero attached hydrogens (tertiary/aromatic N) is 3. The van der Waals surface area contributed by atoms with Crippen LogP contribution in [0.4, 0.5) is 0 Å². The summed E-state index contributed by atoms with van der Waals surface area (Å²) in [6.45, 7) is 10.5. The minimum absolute atomic E-state index is 0.0646. The van der Waals surface area contributed by atoms with Gasteiger partial charge in [-0.25, -0.2) is 0 Å². The number of hydrogen-bond acceptors (Lipinski definition) is 7. The van der Waals surface area contributed by atoms with Gasteiger partial charge >= 0.3 is 5.97 Å². The van der Waals surface area contributed by atoms with Crippen molar-refractivity contribution in [2.24, 2.45) is 5.92 Å². The fraction of sp³-hybridized carbons (Fsp3) is 0.586. The van der Waals surface area contributed by atoms with Crippen molar-refractivity contribution in [3.63, 3.8) is 0 Å². The number of carbonyl (C=O) groups excluding carboxylic acids is 3. The summed E-state index contributed by atoms with van der Waals surface area (Å²) in [6, 6.07) is 5.84. The highest BCUT2D eigenvalue weighted by atomic mass is 16.5. The SMILES string of the molecule is CCOC(=O)[C@H]1CCCN(C(=O)CCN(C[C@@H]2CCCO2)C(=O)c2cc(-c3c(C)cc(C)cc3C)on2)C1. The molecule has 0 N–H and O–H groups in total. The summed E-state index contributed by atoms with van der Waals surface area (Å²) < 4.78 is 16.6. The highest BCUT2D eigenvalue weighted by Crippen LogP contribution is 2.29. The van der Waals surface area contributed by atoms with Gasteiger partial charge in [-0.05, 0) is 64.5 Å². The van der Waals surface area contributed by atoms with E-state index in [1.807, 2.05) is 20.8 Å². The predicted molar refractivity (Wildman–Crippen MR) is 142 cm³/mol.